The number of nitrogens with one attached hydrogen (secondary N) is 1. The molecule has 0 saturated carbocycles. The summed E-state index contributed by atoms with van der Waals surface area (Å²) in [6.07, 6.45) is 3.23. The van der Waals surface area contributed by atoms with Gasteiger partial charge in [-0.25, -0.2) is 0 Å². The van der Waals surface area contributed by atoms with E-state index in [1.807, 2.05) is 44.2 Å². The third-order valence-corrected chi connectivity index (χ3v) is 3.61. The molecule has 0 heterocycles. The molecule has 0 aliphatic heterocycles. The molecular formula is C19H21NO3. The summed E-state index contributed by atoms with van der Waals surface area (Å²) in [6.45, 7) is 4.06. The first-order valence-corrected chi connectivity index (χ1v) is 7.32. The number of rotatable bonds is 5. The third-order valence-electron chi connectivity index (χ3n) is 3.61. The van der Waals surface area contributed by atoms with Crippen LogP contribution < -0.4 is 14.8 Å². The lowest BCUT2D eigenvalue weighted by Gasteiger charge is -2.08. The standard InChI is InChI=1S/C19H21NO3/c1-13-5-8-16(11-14(13)2)20-19(21)10-7-15-6-9-17(22-3)18(12-15)23-4/h5-12H,1-4H3,(H,20,21)/b10-7-. The Morgan fingerprint density at radius 2 is 1.70 bits per heavy atom. The van der Waals surface area contributed by atoms with Gasteiger partial charge >= 0.3 is 0 Å². The van der Waals surface area contributed by atoms with Gasteiger partial charge < -0.3 is 14.8 Å². The van der Waals surface area contributed by atoms with E-state index >= 15 is 0 Å². The van der Waals surface area contributed by atoms with Crippen LogP contribution in [0, 0.1) is 13.8 Å². The van der Waals surface area contributed by atoms with E-state index in [-0.39, 0.29) is 5.91 Å². The van der Waals surface area contributed by atoms with Crippen molar-refractivity contribution in [1.29, 1.82) is 0 Å². The zero-order valence-corrected chi connectivity index (χ0v) is 13.8. The van der Waals surface area contributed by atoms with Crippen LogP contribution in [0.2, 0.25) is 0 Å². The van der Waals surface area contributed by atoms with Crippen LogP contribution in [-0.2, 0) is 4.79 Å². The predicted octanol–water partition coefficient (Wildman–Crippen LogP) is 3.97. The summed E-state index contributed by atoms with van der Waals surface area (Å²) in [6, 6.07) is 11.3. The molecule has 0 spiro atoms. The van der Waals surface area contributed by atoms with Crippen molar-refractivity contribution in [2.75, 3.05) is 19.5 Å². The summed E-state index contributed by atoms with van der Waals surface area (Å²) in [5.74, 6) is 1.11. The van der Waals surface area contributed by atoms with Gasteiger partial charge in [-0.1, -0.05) is 12.1 Å². The molecule has 2 rings (SSSR count). The van der Waals surface area contributed by atoms with E-state index in [2.05, 4.69) is 5.32 Å². The van der Waals surface area contributed by atoms with Crippen LogP contribution in [0.1, 0.15) is 16.7 Å². The maximum atomic E-state index is 12.0. The average molecular weight is 311 g/mol. The Bertz CT molecular complexity index is 735. The minimum Gasteiger partial charge on any atom is -0.493 e. The van der Waals surface area contributed by atoms with Gasteiger partial charge in [-0.15, -0.1) is 0 Å². The van der Waals surface area contributed by atoms with Crippen molar-refractivity contribution in [2.45, 2.75) is 13.8 Å². The number of hydrogen-bond acceptors (Lipinski definition) is 3. The fourth-order valence-electron chi connectivity index (χ4n) is 2.13. The molecule has 4 nitrogen and oxygen atoms in total. The number of carbonyl (C=O) groups excluding carboxylic acids is 1. The first kappa shape index (κ1) is 16.6. The first-order valence-electron chi connectivity index (χ1n) is 7.32. The van der Waals surface area contributed by atoms with Gasteiger partial charge in [-0.05, 0) is 60.9 Å². The van der Waals surface area contributed by atoms with E-state index < -0.39 is 0 Å². The minimum absolute atomic E-state index is 0.178. The number of amides is 1. The Labute approximate surface area is 136 Å². The molecule has 0 radical (unpaired) electrons. The fourth-order valence-corrected chi connectivity index (χ4v) is 2.13. The molecule has 0 atom stereocenters. The van der Waals surface area contributed by atoms with Crippen molar-refractivity contribution < 1.29 is 14.3 Å². The second-order valence-electron chi connectivity index (χ2n) is 5.24. The van der Waals surface area contributed by atoms with Crippen LogP contribution in [0.5, 0.6) is 11.5 Å². The van der Waals surface area contributed by atoms with Gasteiger partial charge in [0.25, 0.3) is 0 Å². The number of benzene rings is 2. The zero-order chi connectivity index (χ0) is 16.8. The van der Waals surface area contributed by atoms with Gasteiger partial charge in [-0.2, -0.15) is 0 Å². The van der Waals surface area contributed by atoms with E-state index in [0.29, 0.717) is 11.5 Å². The summed E-state index contributed by atoms with van der Waals surface area (Å²) in [4.78, 5) is 12.0. The molecular weight excluding hydrogens is 290 g/mol. The van der Waals surface area contributed by atoms with E-state index in [1.165, 1.54) is 11.6 Å². The summed E-state index contributed by atoms with van der Waals surface area (Å²) < 4.78 is 10.4. The Kier molecular flexibility index (Phi) is 5.41. The molecule has 0 fully saturated rings. The van der Waals surface area contributed by atoms with Crippen LogP contribution in [0.15, 0.2) is 42.5 Å². The predicted molar refractivity (Wildman–Crippen MR) is 93.1 cm³/mol. The number of anilines is 1. The summed E-state index contributed by atoms with van der Waals surface area (Å²) in [5.41, 5.74) is 3.99. The third kappa shape index (κ3) is 4.36. The fraction of sp³-hybridized carbons (Fsp3) is 0.211. The summed E-state index contributed by atoms with van der Waals surface area (Å²) >= 11 is 0. The molecule has 2 aromatic rings. The molecule has 1 amide bonds. The van der Waals surface area contributed by atoms with E-state index in [9.17, 15) is 4.79 Å². The molecule has 0 unspecified atom stereocenters. The van der Waals surface area contributed by atoms with Crippen LogP contribution in [0.3, 0.4) is 0 Å². The van der Waals surface area contributed by atoms with E-state index in [0.717, 1.165) is 16.8 Å². The van der Waals surface area contributed by atoms with Crippen LogP contribution in [0.4, 0.5) is 5.69 Å². The number of ether oxygens (including phenoxy) is 2. The van der Waals surface area contributed by atoms with Crippen molar-refractivity contribution in [3.05, 3.63) is 59.2 Å². The van der Waals surface area contributed by atoms with Gasteiger partial charge in [-0.3, -0.25) is 4.79 Å². The van der Waals surface area contributed by atoms with Gasteiger partial charge in [0.1, 0.15) is 0 Å². The smallest absolute Gasteiger partial charge is 0.248 e. The van der Waals surface area contributed by atoms with E-state index in [1.54, 1.807) is 26.4 Å². The highest BCUT2D eigenvalue weighted by Crippen LogP contribution is 2.28. The molecule has 0 saturated heterocycles. The second kappa shape index (κ2) is 7.49. The van der Waals surface area contributed by atoms with Crippen molar-refractivity contribution in [3.8, 4) is 11.5 Å². The van der Waals surface area contributed by atoms with Gasteiger partial charge in [0.2, 0.25) is 5.91 Å². The maximum absolute atomic E-state index is 12.0. The Balaban J connectivity index is 2.07. The highest BCUT2D eigenvalue weighted by molar-refractivity contribution is 6.02. The molecule has 0 aromatic heterocycles. The molecule has 23 heavy (non-hydrogen) atoms. The van der Waals surface area contributed by atoms with Gasteiger partial charge in [0.05, 0.1) is 14.2 Å². The number of hydrogen-bond donors (Lipinski definition) is 1. The van der Waals surface area contributed by atoms with Crippen molar-refractivity contribution in [1.82, 2.24) is 0 Å². The Morgan fingerprint density at radius 1 is 0.957 bits per heavy atom. The lowest BCUT2D eigenvalue weighted by Crippen LogP contribution is -2.07. The SMILES string of the molecule is COc1ccc(/C=C\C(=O)Nc2ccc(C)c(C)c2)cc1OC. The topological polar surface area (TPSA) is 47.6 Å². The maximum Gasteiger partial charge on any atom is 0.248 e. The van der Waals surface area contributed by atoms with Crippen molar-refractivity contribution in [3.63, 3.8) is 0 Å². The zero-order valence-electron chi connectivity index (χ0n) is 13.8. The number of carbonyl (C=O) groups is 1. The van der Waals surface area contributed by atoms with Crippen molar-refractivity contribution >= 4 is 17.7 Å². The molecule has 0 aliphatic carbocycles. The lowest BCUT2D eigenvalue weighted by atomic mass is 10.1. The molecule has 2 aromatic carbocycles. The quantitative estimate of drug-likeness (QED) is 0.850. The molecule has 1 N–H and O–H groups in total. The van der Waals surface area contributed by atoms with Crippen molar-refractivity contribution in [2.24, 2.45) is 0 Å². The first-order chi connectivity index (χ1) is 11.0. The summed E-state index contributed by atoms with van der Waals surface area (Å²) in [7, 11) is 3.17. The lowest BCUT2D eigenvalue weighted by molar-refractivity contribution is -0.111. The molecule has 0 aliphatic rings. The number of methoxy groups -OCH3 is 2. The highest BCUT2D eigenvalue weighted by Gasteiger charge is 2.04. The van der Waals surface area contributed by atoms with Gasteiger partial charge in [0.15, 0.2) is 11.5 Å². The van der Waals surface area contributed by atoms with Gasteiger partial charge in [0, 0.05) is 11.8 Å². The molecule has 120 valence electrons. The van der Waals surface area contributed by atoms with Crippen LogP contribution >= 0.6 is 0 Å². The second-order valence-corrected chi connectivity index (χ2v) is 5.24. The number of aryl methyl sites for hydroxylation is 2. The Hall–Kier alpha value is -2.75. The largest absolute Gasteiger partial charge is 0.493 e. The van der Waals surface area contributed by atoms with Crippen LogP contribution in [-0.4, -0.2) is 20.1 Å². The minimum atomic E-state index is -0.178. The molecule has 4 heteroatoms. The monoisotopic (exact) mass is 311 g/mol. The Morgan fingerprint density at radius 3 is 2.35 bits per heavy atom. The van der Waals surface area contributed by atoms with Crippen LogP contribution in [0.25, 0.3) is 6.08 Å². The summed E-state index contributed by atoms with van der Waals surface area (Å²) in [5, 5.41) is 2.85. The molecule has 0 bridgehead atoms. The highest BCUT2D eigenvalue weighted by atomic mass is 16.5. The normalized spacial score (nSPS) is 10.6. The van der Waals surface area contributed by atoms with E-state index in [4.69, 9.17) is 9.47 Å². The average Bonchev–Trinajstić information content (AvgIpc) is 2.56.